The van der Waals surface area contributed by atoms with Crippen LogP contribution < -0.4 is 9.62 Å². The fourth-order valence-electron chi connectivity index (χ4n) is 3.41. The van der Waals surface area contributed by atoms with E-state index in [0.29, 0.717) is 18.1 Å². The number of carbonyl (C=O) groups is 1. The molecule has 0 spiro atoms. The number of hydrogen-bond acceptors (Lipinski definition) is 6. The fraction of sp³-hybridized carbons (Fsp3) is 0.389. The third-order valence-corrected chi connectivity index (χ3v) is 6.06. The predicted molar refractivity (Wildman–Crippen MR) is 102 cm³/mol. The molecule has 3 heterocycles. The summed E-state index contributed by atoms with van der Waals surface area (Å²) in [7, 11) is -2.05. The zero-order valence-electron chi connectivity index (χ0n) is 15.8. The van der Waals surface area contributed by atoms with Gasteiger partial charge in [0.25, 0.3) is 10.0 Å². The highest BCUT2D eigenvalue weighted by molar-refractivity contribution is 7.89. The van der Waals surface area contributed by atoms with Gasteiger partial charge >= 0.3 is 6.09 Å². The molecular formula is C18H21N5O4S. The van der Waals surface area contributed by atoms with Crippen LogP contribution in [0.4, 0.5) is 10.6 Å². The quantitative estimate of drug-likeness (QED) is 0.835. The summed E-state index contributed by atoms with van der Waals surface area (Å²) in [5.41, 5.74) is 1.67. The van der Waals surface area contributed by atoms with Crippen molar-refractivity contribution in [1.82, 2.24) is 19.5 Å². The van der Waals surface area contributed by atoms with Gasteiger partial charge in [-0.2, -0.15) is 5.10 Å². The van der Waals surface area contributed by atoms with Gasteiger partial charge in [-0.25, -0.2) is 18.2 Å². The van der Waals surface area contributed by atoms with Crippen molar-refractivity contribution in [3.8, 4) is 0 Å². The van der Waals surface area contributed by atoms with Crippen molar-refractivity contribution in [1.29, 1.82) is 0 Å². The first-order valence-corrected chi connectivity index (χ1v) is 10.4. The van der Waals surface area contributed by atoms with E-state index in [4.69, 9.17) is 4.74 Å². The van der Waals surface area contributed by atoms with Crippen molar-refractivity contribution in [3.63, 3.8) is 0 Å². The van der Waals surface area contributed by atoms with Gasteiger partial charge in [-0.1, -0.05) is 6.08 Å². The van der Waals surface area contributed by atoms with E-state index < -0.39 is 21.7 Å². The third kappa shape index (κ3) is 3.24. The van der Waals surface area contributed by atoms with Gasteiger partial charge in [0.15, 0.2) is 0 Å². The second kappa shape index (κ2) is 6.33. The van der Waals surface area contributed by atoms with Gasteiger partial charge in [-0.15, -0.1) is 0 Å². The zero-order valence-corrected chi connectivity index (χ0v) is 16.7. The van der Waals surface area contributed by atoms with Crippen LogP contribution in [0.3, 0.4) is 0 Å². The second-order valence-corrected chi connectivity index (χ2v) is 9.15. The molecule has 1 fully saturated rings. The molecule has 0 aromatic carbocycles. The molecule has 0 unspecified atom stereocenters. The molecule has 1 aliphatic carbocycles. The number of amides is 1. The summed E-state index contributed by atoms with van der Waals surface area (Å²) in [5.74, 6) is 0.348. The number of hydrogen-bond donors (Lipinski definition) is 1. The fourth-order valence-corrected chi connectivity index (χ4v) is 4.44. The van der Waals surface area contributed by atoms with E-state index in [-0.39, 0.29) is 4.90 Å². The van der Waals surface area contributed by atoms with Crippen LogP contribution in [0.25, 0.3) is 5.70 Å². The van der Waals surface area contributed by atoms with E-state index in [0.717, 1.165) is 24.1 Å². The van der Waals surface area contributed by atoms with Crippen LogP contribution in [0.15, 0.2) is 35.5 Å². The minimum atomic E-state index is -3.83. The number of rotatable bonds is 4. The highest BCUT2D eigenvalue weighted by Crippen LogP contribution is 2.28. The molecule has 0 bridgehead atoms. The van der Waals surface area contributed by atoms with Gasteiger partial charge in [0.1, 0.15) is 16.3 Å². The van der Waals surface area contributed by atoms with Crippen molar-refractivity contribution >= 4 is 27.6 Å². The number of ether oxygens (including phenoxy) is 1. The third-order valence-electron chi connectivity index (χ3n) is 4.71. The number of aromatic nitrogens is 3. The molecule has 1 amide bonds. The van der Waals surface area contributed by atoms with Crippen molar-refractivity contribution in [2.45, 2.75) is 37.2 Å². The average molecular weight is 403 g/mol. The number of nitrogens with one attached hydrogen (secondary N) is 1. The number of cyclic esters (lactones) is 1. The maximum Gasteiger partial charge on any atom is 0.416 e. The Hall–Kier alpha value is -2.88. The summed E-state index contributed by atoms with van der Waals surface area (Å²) in [4.78, 5) is 17.5. The number of nitrogens with zero attached hydrogens (tertiary/aromatic N) is 4. The normalized spacial score (nSPS) is 18.5. The van der Waals surface area contributed by atoms with Crippen LogP contribution in [-0.4, -0.2) is 41.4 Å². The summed E-state index contributed by atoms with van der Waals surface area (Å²) in [5, 5.41) is 4.21. The number of pyridine rings is 1. The number of anilines is 1. The largest absolute Gasteiger partial charge is 0.441 e. The minimum Gasteiger partial charge on any atom is -0.441 e. The van der Waals surface area contributed by atoms with Crippen LogP contribution in [-0.2, 0) is 28.2 Å². The van der Waals surface area contributed by atoms with Gasteiger partial charge in [0, 0.05) is 13.2 Å². The van der Waals surface area contributed by atoms with Gasteiger partial charge < -0.3 is 4.74 Å². The lowest BCUT2D eigenvalue weighted by Crippen LogP contribution is -2.29. The van der Waals surface area contributed by atoms with Crippen molar-refractivity contribution in [3.05, 3.63) is 41.9 Å². The average Bonchev–Trinajstić information content (AvgIpc) is 3.14. The minimum absolute atomic E-state index is 0.0123. The summed E-state index contributed by atoms with van der Waals surface area (Å²) in [6.07, 6.45) is 5.91. The van der Waals surface area contributed by atoms with Crippen LogP contribution in [0, 0.1) is 0 Å². The number of carbonyl (C=O) groups excluding carboxylic acids is 1. The Bertz CT molecular complexity index is 1070. The van der Waals surface area contributed by atoms with Crippen LogP contribution >= 0.6 is 0 Å². The molecule has 4 rings (SSSR count). The summed E-state index contributed by atoms with van der Waals surface area (Å²) < 4.78 is 35.2. The zero-order chi connectivity index (χ0) is 20.1. The lowest BCUT2D eigenvalue weighted by atomic mass is 10.0. The molecule has 10 heteroatoms. The standard InChI is InChI=1S/C18H21N5O4S/c1-18(2)11-23(17(24)27-18)15-8-7-13(10-19-15)28(25,26)21-14-6-4-5-12-9-20-22(3)16(12)14/h6-10,21H,4-5,11H2,1-3H3. The Labute approximate surface area is 163 Å². The number of allylic oxidation sites excluding steroid dienone is 1. The molecule has 2 aliphatic rings. The summed E-state index contributed by atoms with van der Waals surface area (Å²) >= 11 is 0. The smallest absolute Gasteiger partial charge is 0.416 e. The molecular weight excluding hydrogens is 382 g/mol. The van der Waals surface area contributed by atoms with Crippen molar-refractivity contribution in [2.75, 3.05) is 11.4 Å². The van der Waals surface area contributed by atoms with Gasteiger partial charge in [-0.3, -0.25) is 14.3 Å². The first kappa shape index (κ1) is 18.5. The highest BCUT2D eigenvalue weighted by atomic mass is 32.2. The van der Waals surface area contributed by atoms with Gasteiger partial charge in [0.05, 0.1) is 24.1 Å². The van der Waals surface area contributed by atoms with Crippen LogP contribution in [0.2, 0.25) is 0 Å². The van der Waals surface area contributed by atoms with Gasteiger partial charge in [-0.05, 0) is 44.4 Å². The monoisotopic (exact) mass is 403 g/mol. The molecule has 28 heavy (non-hydrogen) atoms. The first-order valence-electron chi connectivity index (χ1n) is 8.87. The second-order valence-electron chi connectivity index (χ2n) is 7.47. The predicted octanol–water partition coefficient (Wildman–Crippen LogP) is 1.82. The maximum absolute atomic E-state index is 12.8. The van der Waals surface area contributed by atoms with Crippen LogP contribution in [0.1, 0.15) is 31.5 Å². The molecule has 1 saturated heterocycles. The molecule has 148 valence electrons. The SMILES string of the molecule is Cn1ncc2c1C(NS(=O)(=O)c1ccc(N3CC(C)(C)OC3=O)nc1)=CCC2. The topological polar surface area (TPSA) is 106 Å². The Morgan fingerprint density at radius 3 is 2.68 bits per heavy atom. The molecule has 1 N–H and O–H groups in total. The molecule has 0 radical (unpaired) electrons. The van der Waals surface area contributed by atoms with Crippen molar-refractivity contribution in [2.24, 2.45) is 7.05 Å². The van der Waals surface area contributed by atoms with E-state index in [1.54, 1.807) is 31.8 Å². The Morgan fingerprint density at radius 2 is 2.04 bits per heavy atom. The Morgan fingerprint density at radius 1 is 1.25 bits per heavy atom. The van der Waals surface area contributed by atoms with E-state index in [2.05, 4.69) is 14.8 Å². The van der Waals surface area contributed by atoms with E-state index >= 15 is 0 Å². The first-order chi connectivity index (χ1) is 13.2. The molecule has 0 saturated carbocycles. The molecule has 0 atom stereocenters. The van der Waals surface area contributed by atoms with E-state index in [9.17, 15) is 13.2 Å². The lowest BCUT2D eigenvalue weighted by molar-refractivity contribution is 0.0871. The Balaban J connectivity index is 1.57. The number of sulfonamides is 1. The number of aryl methyl sites for hydroxylation is 2. The molecule has 2 aromatic heterocycles. The summed E-state index contributed by atoms with van der Waals surface area (Å²) in [6.45, 7) is 3.95. The highest BCUT2D eigenvalue weighted by Gasteiger charge is 2.39. The molecule has 9 nitrogen and oxygen atoms in total. The van der Waals surface area contributed by atoms with Crippen LogP contribution in [0.5, 0.6) is 0 Å². The van der Waals surface area contributed by atoms with E-state index in [1.807, 2.05) is 6.08 Å². The Kier molecular flexibility index (Phi) is 4.18. The molecule has 2 aromatic rings. The number of fused-ring (bicyclic) bond motifs is 1. The maximum atomic E-state index is 12.8. The lowest BCUT2D eigenvalue weighted by Gasteiger charge is -2.18. The van der Waals surface area contributed by atoms with E-state index in [1.165, 1.54) is 23.2 Å². The van der Waals surface area contributed by atoms with Gasteiger partial charge in [0.2, 0.25) is 0 Å². The molecule has 1 aliphatic heterocycles. The summed E-state index contributed by atoms with van der Waals surface area (Å²) in [6, 6.07) is 2.93. The van der Waals surface area contributed by atoms with Crippen molar-refractivity contribution < 1.29 is 17.9 Å².